The SMILES string of the molecule is CC(C)(C)OC(=O)NC1(CCCOc2cc(N(C(=O)OC(C)(C)C)c3cc([C@H]4CC[C@@H](OC(=O)Oc5ccc([N+](=O)[O-])cc5)C4)nn3C(C)(C)C)ccn2)CC1. The molecule has 16 nitrogen and oxygen atoms in total. The maximum atomic E-state index is 14.1. The summed E-state index contributed by atoms with van der Waals surface area (Å²) in [5.41, 5.74) is -1.16. The quantitative estimate of drug-likeness (QED) is 0.0460. The molecule has 2 aliphatic rings. The van der Waals surface area contributed by atoms with Crippen LogP contribution in [0.2, 0.25) is 0 Å². The second-order valence-corrected chi connectivity index (χ2v) is 17.4. The number of nitro benzene ring substituents is 1. The summed E-state index contributed by atoms with van der Waals surface area (Å²) in [5, 5.41) is 19.0. The van der Waals surface area contributed by atoms with Crippen molar-refractivity contribution in [2.75, 3.05) is 11.5 Å². The zero-order chi connectivity index (χ0) is 41.1. The minimum Gasteiger partial charge on any atom is -0.478 e. The van der Waals surface area contributed by atoms with Gasteiger partial charge in [-0.2, -0.15) is 5.10 Å². The van der Waals surface area contributed by atoms with Gasteiger partial charge in [0.05, 0.1) is 28.5 Å². The van der Waals surface area contributed by atoms with E-state index in [0.29, 0.717) is 49.7 Å². The van der Waals surface area contributed by atoms with Crippen LogP contribution in [0.4, 0.5) is 31.6 Å². The van der Waals surface area contributed by atoms with E-state index in [2.05, 4.69) is 10.3 Å². The van der Waals surface area contributed by atoms with Gasteiger partial charge in [-0.1, -0.05) is 0 Å². The number of carbonyl (C=O) groups excluding carboxylic acids is 3. The first kappa shape index (κ1) is 41.7. The number of amides is 2. The smallest absolute Gasteiger partial charge is 0.478 e. The zero-order valence-electron chi connectivity index (χ0n) is 33.7. The Balaban J connectivity index is 1.30. The lowest BCUT2D eigenvalue weighted by atomic mass is 10.0. The lowest BCUT2D eigenvalue weighted by Crippen LogP contribution is -2.40. The van der Waals surface area contributed by atoms with Gasteiger partial charge in [0, 0.05) is 41.9 Å². The summed E-state index contributed by atoms with van der Waals surface area (Å²) in [6.07, 6.45) is 4.04. The number of hydrogen-bond acceptors (Lipinski definition) is 12. The molecule has 304 valence electrons. The van der Waals surface area contributed by atoms with Gasteiger partial charge >= 0.3 is 18.3 Å². The summed E-state index contributed by atoms with van der Waals surface area (Å²) in [6.45, 7) is 17.2. The summed E-state index contributed by atoms with van der Waals surface area (Å²) < 4.78 is 30.1. The third-order valence-electron chi connectivity index (χ3n) is 9.11. The number of anilines is 2. The van der Waals surface area contributed by atoms with Crippen LogP contribution >= 0.6 is 0 Å². The van der Waals surface area contributed by atoms with Gasteiger partial charge in [-0.25, -0.2) is 28.9 Å². The van der Waals surface area contributed by atoms with E-state index < -0.39 is 46.1 Å². The predicted molar refractivity (Wildman–Crippen MR) is 206 cm³/mol. The van der Waals surface area contributed by atoms with Crippen LogP contribution in [0.25, 0.3) is 0 Å². The first-order valence-corrected chi connectivity index (χ1v) is 19.0. The predicted octanol–water partition coefficient (Wildman–Crippen LogP) is 9.08. The Hall–Kier alpha value is -5.41. The Labute approximate surface area is 327 Å². The van der Waals surface area contributed by atoms with Crippen LogP contribution in [0, 0.1) is 10.1 Å². The third kappa shape index (κ3) is 11.6. The molecule has 56 heavy (non-hydrogen) atoms. The molecule has 5 rings (SSSR count). The van der Waals surface area contributed by atoms with Gasteiger partial charge < -0.3 is 29.0 Å². The molecule has 2 amide bonds. The van der Waals surface area contributed by atoms with Crippen LogP contribution in [0.3, 0.4) is 0 Å². The Bertz CT molecular complexity index is 1890. The Morgan fingerprint density at radius 2 is 1.64 bits per heavy atom. The molecule has 3 aromatic rings. The lowest BCUT2D eigenvalue weighted by molar-refractivity contribution is -0.384. The molecule has 16 heteroatoms. The summed E-state index contributed by atoms with van der Waals surface area (Å²) >= 11 is 0. The van der Waals surface area contributed by atoms with Gasteiger partial charge in [-0.05, 0) is 125 Å². The second-order valence-electron chi connectivity index (χ2n) is 17.4. The molecule has 0 aliphatic heterocycles. The van der Waals surface area contributed by atoms with Crippen molar-refractivity contribution in [3.8, 4) is 11.6 Å². The molecule has 2 fully saturated rings. The Morgan fingerprint density at radius 1 is 0.964 bits per heavy atom. The van der Waals surface area contributed by atoms with Gasteiger partial charge in [0.15, 0.2) is 0 Å². The number of nitrogens with one attached hydrogen (secondary N) is 1. The van der Waals surface area contributed by atoms with Crippen LogP contribution in [-0.2, 0) is 19.7 Å². The van der Waals surface area contributed by atoms with Crippen molar-refractivity contribution in [2.24, 2.45) is 0 Å². The zero-order valence-corrected chi connectivity index (χ0v) is 33.7. The van der Waals surface area contributed by atoms with Crippen LogP contribution in [0.15, 0.2) is 48.7 Å². The van der Waals surface area contributed by atoms with Crippen molar-refractivity contribution in [2.45, 2.75) is 142 Å². The highest BCUT2D eigenvalue weighted by molar-refractivity contribution is 5.95. The van der Waals surface area contributed by atoms with Gasteiger partial charge in [0.2, 0.25) is 5.88 Å². The second kappa shape index (κ2) is 16.4. The van der Waals surface area contributed by atoms with Crippen LogP contribution < -0.4 is 19.7 Å². The van der Waals surface area contributed by atoms with E-state index in [1.807, 2.05) is 47.6 Å². The van der Waals surface area contributed by atoms with E-state index in [-0.39, 0.29) is 22.9 Å². The van der Waals surface area contributed by atoms with E-state index in [4.69, 9.17) is 28.8 Å². The fourth-order valence-electron chi connectivity index (χ4n) is 6.40. The maximum Gasteiger partial charge on any atom is 0.514 e. The average molecular weight is 779 g/mol. The molecule has 2 atom stereocenters. The number of non-ortho nitro benzene ring substituents is 1. The van der Waals surface area contributed by atoms with E-state index in [1.54, 1.807) is 43.8 Å². The Morgan fingerprint density at radius 3 is 2.25 bits per heavy atom. The number of carbonyl (C=O) groups is 3. The van der Waals surface area contributed by atoms with Gasteiger partial charge in [0.25, 0.3) is 5.69 Å². The van der Waals surface area contributed by atoms with Crippen LogP contribution in [-0.4, -0.2) is 67.5 Å². The summed E-state index contributed by atoms with van der Waals surface area (Å²) in [5.74, 6) is 0.838. The van der Waals surface area contributed by atoms with E-state index in [9.17, 15) is 24.5 Å². The molecule has 2 heterocycles. The molecule has 0 unspecified atom stereocenters. The van der Waals surface area contributed by atoms with Crippen molar-refractivity contribution in [3.05, 3.63) is 64.5 Å². The summed E-state index contributed by atoms with van der Waals surface area (Å²) in [6, 6.07) is 10.4. The number of ether oxygens (including phenoxy) is 5. The molecule has 0 radical (unpaired) electrons. The minimum absolute atomic E-state index is 0.0917. The van der Waals surface area contributed by atoms with Crippen molar-refractivity contribution in [3.63, 3.8) is 0 Å². The van der Waals surface area contributed by atoms with Crippen LogP contribution in [0.5, 0.6) is 11.6 Å². The normalized spacial score (nSPS) is 17.7. The number of nitrogens with zero attached hydrogens (tertiary/aromatic N) is 5. The van der Waals surface area contributed by atoms with Gasteiger partial charge in [0.1, 0.15) is 28.9 Å². The molecule has 0 bridgehead atoms. The highest BCUT2D eigenvalue weighted by atomic mass is 16.7. The number of pyridine rings is 1. The summed E-state index contributed by atoms with van der Waals surface area (Å²) in [4.78, 5) is 55.3. The molecule has 2 aliphatic carbocycles. The average Bonchev–Trinajstić information content (AvgIpc) is 3.43. The number of hydrogen-bond donors (Lipinski definition) is 1. The monoisotopic (exact) mass is 778 g/mol. The highest BCUT2D eigenvalue weighted by Crippen LogP contribution is 2.41. The topological polar surface area (TPSA) is 186 Å². The first-order valence-electron chi connectivity index (χ1n) is 19.0. The molecule has 2 aromatic heterocycles. The third-order valence-corrected chi connectivity index (χ3v) is 9.11. The fourth-order valence-corrected chi connectivity index (χ4v) is 6.40. The number of aromatic nitrogens is 3. The summed E-state index contributed by atoms with van der Waals surface area (Å²) in [7, 11) is 0. The fraction of sp³-hybridized carbons (Fsp3) is 0.575. The van der Waals surface area contributed by atoms with Gasteiger partial charge in [-0.3, -0.25) is 10.1 Å². The largest absolute Gasteiger partial charge is 0.514 e. The molecule has 1 aromatic carbocycles. The molecule has 1 N–H and O–H groups in total. The number of alkyl carbamates (subject to hydrolysis) is 1. The minimum atomic E-state index is -0.901. The molecule has 0 saturated heterocycles. The van der Waals surface area contributed by atoms with E-state index in [1.165, 1.54) is 29.2 Å². The van der Waals surface area contributed by atoms with Gasteiger partial charge in [-0.15, -0.1) is 0 Å². The lowest BCUT2D eigenvalue weighted by Gasteiger charge is -2.30. The maximum absolute atomic E-state index is 14.1. The number of benzene rings is 1. The van der Waals surface area contributed by atoms with Crippen LogP contribution in [0.1, 0.15) is 119 Å². The van der Waals surface area contributed by atoms with E-state index in [0.717, 1.165) is 25.0 Å². The van der Waals surface area contributed by atoms with E-state index >= 15 is 0 Å². The number of rotatable bonds is 12. The van der Waals surface area contributed by atoms with Crippen molar-refractivity contribution in [1.29, 1.82) is 0 Å². The van der Waals surface area contributed by atoms with Crippen molar-refractivity contribution in [1.82, 2.24) is 20.1 Å². The van der Waals surface area contributed by atoms with Crippen molar-refractivity contribution < 1.29 is 43.0 Å². The Kier molecular flexibility index (Phi) is 12.2. The standard InChI is InChI=1S/C40H54N6O10/c1-37(2,3)45-33(25-31(43-45)26-11-14-30(23-26)54-36(49)53-29-15-12-27(13-16-29)46(50)51)44(35(48)56-39(7,8)9)28-17-21-41-32(24-28)52-22-10-18-40(19-20-40)42-34(47)55-38(4,5)6/h12-13,15-17,21,24-26,30H,10-11,14,18-20,22-23H2,1-9H3,(H,42,47)/t26-,30+/m0/s1. The molecular weight excluding hydrogens is 724 g/mol. The first-order chi connectivity index (χ1) is 26.1. The molecular formula is C40H54N6O10. The number of nitro groups is 1. The molecule has 0 spiro atoms. The highest BCUT2D eigenvalue weighted by Gasteiger charge is 2.44. The molecule has 2 saturated carbocycles. The van der Waals surface area contributed by atoms with Crippen molar-refractivity contribution >= 4 is 35.5 Å².